The Kier molecular flexibility index (Phi) is 5.47. The van der Waals surface area contributed by atoms with Crippen molar-refractivity contribution in [3.8, 4) is 17.0 Å². The first-order valence-corrected chi connectivity index (χ1v) is 9.76. The van der Waals surface area contributed by atoms with Gasteiger partial charge in [-0.15, -0.1) is 0 Å². The fourth-order valence-electron chi connectivity index (χ4n) is 3.52. The Hall–Kier alpha value is -3.68. The topological polar surface area (TPSA) is 89.4 Å². The Morgan fingerprint density at radius 1 is 1.23 bits per heavy atom. The highest BCUT2D eigenvalue weighted by Gasteiger charge is 2.22. The van der Waals surface area contributed by atoms with Crippen molar-refractivity contribution in [2.45, 2.75) is 19.4 Å². The summed E-state index contributed by atoms with van der Waals surface area (Å²) in [6.07, 6.45) is 4.79. The third-order valence-electron chi connectivity index (χ3n) is 5.10. The zero-order chi connectivity index (χ0) is 21.1. The molecule has 1 fully saturated rings. The molecular formula is C22H23N5O3. The first-order valence-electron chi connectivity index (χ1n) is 9.76. The first-order chi connectivity index (χ1) is 14.5. The number of hydrogen-bond donors (Lipinski definition) is 1. The van der Waals surface area contributed by atoms with Crippen molar-refractivity contribution in [3.63, 3.8) is 0 Å². The molecule has 1 N–H and O–H groups in total. The number of hydrogen-bond acceptors (Lipinski definition) is 5. The van der Waals surface area contributed by atoms with Crippen molar-refractivity contribution >= 4 is 17.5 Å². The summed E-state index contributed by atoms with van der Waals surface area (Å²) >= 11 is 0. The van der Waals surface area contributed by atoms with Gasteiger partial charge in [0.1, 0.15) is 11.4 Å². The maximum Gasteiger partial charge on any atom is 0.269 e. The minimum absolute atomic E-state index is 0.109. The second kappa shape index (κ2) is 8.36. The van der Waals surface area contributed by atoms with Gasteiger partial charge in [0.2, 0.25) is 5.91 Å². The Labute approximate surface area is 174 Å². The number of ether oxygens (including phenoxy) is 1. The zero-order valence-electron chi connectivity index (χ0n) is 17.0. The van der Waals surface area contributed by atoms with Crippen LogP contribution in [0.5, 0.6) is 5.75 Å². The van der Waals surface area contributed by atoms with E-state index >= 15 is 0 Å². The molecule has 2 aromatic heterocycles. The van der Waals surface area contributed by atoms with Crippen LogP contribution in [0.3, 0.4) is 0 Å². The Bertz CT molecular complexity index is 1090. The van der Waals surface area contributed by atoms with Gasteiger partial charge in [0, 0.05) is 38.3 Å². The van der Waals surface area contributed by atoms with Crippen LogP contribution >= 0.6 is 0 Å². The maximum absolute atomic E-state index is 12.7. The molecule has 154 valence electrons. The third-order valence-corrected chi connectivity index (χ3v) is 5.10. The van der Waals surface area contributed by atoms with Crippen molar-refractivity contribution in [2.75, 3.05) is 18.6 Å². The van der Waals surface area contributed by atoms with Crippen molar-refractivity contribution < 1.29 is 14.3 Å². The number of methoxy groups -OCH3 is 1. The number of carbonyl (C=O) groups is 2. The summed E-state index contributed by atoms with van der Waals surface area (Å²) in [5, 5.41) is 7.36. The number of nitrogens with zero attached hydrogens (tertiary/aromatic N) is 4. The van der Waals surface area contributed by atoms with Crippen molar-refractivity contribution in [1.82, 2.24) is 20.1 Å². The molecule has 0 spiro atoms. The number of nitrogens with one attached hydrogen (secondary N) is 1. The van der Waals surface area contributed by atoms with E-state index in [1.807, 2.05) is 30.3 Å². The van der Waals surface area contributed by atoms with Crippen LogP contribution in [0, 0.1) is 0 Å². The molecule has 0 radical (unpaired) electrons. The molecule has 0 bridgehead atoms. The molecule has 0 aliphatic carbocycles. The lowest BCUT2D eigenvalue weighted by atomic mass is 10.1. The number of carbonyl (C=O) groups excluding carboxylic acids is 2. The van der Waals surface area contributed by atoms with E-state index < -0.39 is 0 Å². The molecule has 1 aliphatic heterocycles. The van der Waals surface area contributed by atoms with Gasteiger partial charge in [0.05, 0.1) is 24.7 Å². The van der Waals surface area contributed by atoms with Gasteiger partial charge in [-0.25, -0.2) is 0 Å². The quantitative estimate of drug-likeness (QED) is 0.681. The summed E-state index contributed by atoms with van der Waals surface area (Å²) in [5.41, 5.74) is 3.61. The highest BCUT2D eigenvalue weighted by atomic mass is 16.5. The molecule has 1 saturated heterocycles. The summed E-state index contributed by atoms with van der Waals surface area (Å²) < 4.78 is 6.81. The fraction of sp³-hybridized carbons (Fsp3) is 0.273. The van der Waals surface area contributed by atoms with Crippen molar-refractivity contribution in [3.05, 3.63) is 60.0 Å². The van der Waals surface area contributed by atoms with Crippen LogP contribution in [0.15, 0.2) is 48.8 Å². The molecule has 3 aromatic rings. The van der Waals surface area contributed by atoms with Crippen LogP contribution in [0.2, 0.25) is 0 Å². The Morgan fingerprint density at radius 3 is 2.87 bits per heavy atom. The number of aryl methyl sites for hydroxylation is 1. The SMILES string of the molecule is COc1cccc(-c2cc(C(=O)NCc3cncc(N4CCCC4=O)c3)n(C)n2)c1. The molecule has 8 nitrogen and oxygen atoms in total. The number of aromatic nitrogens is 3. The highest BCUT2D eigenvalue weighted by Crippen LogP contribution is 2.24. The number of pyridine rings is 1. The van der Waals surface area contributed by atoms with Gasteiger partial charge < -0.3 is 15.0 Å². The Morgan fingerprint density at radius 2 is 2.10 bits per heavy atom. The first kappa shape index (κ1) is 19.6. The third kappa shape index (κ3) is 4.03. The van der Waals surface area contributed by atoms with Gasteiger partial charge in [-0.2, -0.15) is 5.10 Å². The van der Waals surface area contributed by atoms with Crippen molar-refractivity contribution in [2.24, 2.45) is 7.05 Å². The molecule has 4 rings (SSSR count). The van der Waals surface area contributed by atoms with Crippen LogP contribution in [-0.4, -0.2) is 40.2 Å². The zero-order valence-corrected chi connectivity index (χ0v) is 17.0. The minimum atomic E-state index is -0.234. The fourth-order valence-corrected chi connectivity index (χ4v) is 3.52. The van der Waals surface area contributed by atoms with E-state index in [4.69, 9.17) is 4.74 Å². The van der Waals surface area contributed by atoms with Crippen molar-refractivity contribution in [1.29, 1.82) is 0 Å². The molecule has 0 saturated carbocycles. The lowest BCUT2D eigenvalue weighted by Gasteiger charge is -2.16. The standard InChI is InChI=1S/C22H23N5O3/c1-26-20(11-19(25-26)16-5-3-6-18(10-16)30-2)22(29)24-13-15-9-17(14-23-12-15)27-8-4-7-21(27)28/h3,5-6,9-12,14H,4,7-8,13H2,1-2H3,(H,24,29). The minimum Gasteiger partial charge on any atom is -0.497 e. The van der Waals surface area contributed by atoms with Crippen LogP contribution in [0.1, 0.15) is 28.9 Å². The largest absolute Gasteiger partial charge is 0.497 e. The average Bonchev–Trinajstić information content (AvgIpc) is 3.38. The second-order valence-corrected chi connectivity index (χ2v) is 7.15. The molecule has 8 heteroatoms. The molecule has 0 atom stereocenters. The predicted molar refractivity (Wildman–Crippen MR) is 112 cm³/mol. The van der Waals surface area contributed by atoms with Gasteiger partial charge in [0.15, 0.2) is 0 Å². The molecule has 2 amide bonds. The van der Waals surface area contributed by atoms with Crippen LogP contribution in [-0.2, 0) is 18.4 Å². The molecule has 0 unspecified atom stereocenters. The monoisotopic (exact) mass is 405 g/mol. The number of benzene rings is 1. The van der Waals surface area contributed by atoms with E-state index in [1.54, 1.807) is 42.2 Å². The summed E-state index contributed by atoms with van der Waals surface area (Å²) in [6.45, 7) is 1.01. The predicted octanol–water partition coefficient (Wildman–Crippen LogP) is 2.55. The van der Waals surface area contributed by atoms with E-state index in [0.29, 0.717) is 30.9 Å². The summed E-state index contributed by atoms with van der Waals surface area (Å²) in [7, 11) is 3.35. The van der Waals surface area contributed by atoms with E-state index in [2.05, 4.69) is 15.4 Å². The molecule has 1 aliphatic rings. The van der Waals surface area contributed by atoms with Gasteiger partial charge in [-0.1, -0.05) is 12.1 Å². The van der Waals surface area contributed by atoms with Gasteiger partial charge in [-0.05, 0) is 36.2 Å². The van der Waals surface area contributed by atoms with Crippen LogP contribution in [0.4, 0.5) is 5.69 Å². The van der Waals surface area contributed by atoms with E-state index in [9.17, 15) is 9.59 Å². The van der Waals surface area contributed by atoms with Gasteiger partial charge in [0.25, 0.3) is 5.91 Å². The molecule has 3 heterocycles. The van der Waals surface area contributed by atoms with Gasteiger partial charge >= 0.3 is 0 Å². The lowest BCUT2D eigenvalue weighted by molar-refractivity contribution is -0.117. The van der Waals surface area contributed by atoms with Crippen LogP contribution in [0.25, 0.3) is 11.3 Å². The second-order valence-electron chi connectivity index (χ2n) is 7.15. The molecule has 1 aromatic carbocycles. The summed E-state index contributed by atoms with van der Waals surface area (Å²) in [5.74, 6) is 0.604. The highest BCUT2D eigenvalue weighted by molar-refractivity contribution is 5.95. The van der Waals surface area contributed by atoms with E-state index in [1.165, 1.54) is 0 Å². The van der Waals surface area contributed by atoms with Crippen LogP contribution < -0.4 is 15.0 Å². The number of rotatable bonds is 6. The molecule has 30 heavy (non-hydrogen) atoms. The summed E-state index contributed by atoms with van der Waals surface area (Å²) in [4.78, 5) is 30.6. The van der Waals surface area contributed by atoms with Gasteiger partial charge in [-0.3, -0.25) is 19.3 Å². The average molecular weight is 405 g/mol. The number of anilines is 1. The smallest absolute Gasteiger partial charge is 0.269 e. The normalized spacial score (nSPS) is 13.5. The number of amides is 2. The van der Waals surface area contributed by atoms with E-state index in [0.717, 1.165) is 29.0 Å². The maximum atomic E-state index is 12.7. The van der Waals surface area contributed by atoms with E-state index in [-0.39, 0.29) is 11.8 Å². The lowest BCUT2D eigenvalue weighted by Crippen LogP contribution is -2.26. The molecular weight excluding hydrogens is 382 g/mol. The summed E-state index contributed by atoms with van der Waals surface area (Å²) in [6, 6.07) is 11.2. The Balaban J connectivity index is 1.46.